The molecule has 0 saturated carbocycles. The third kappa shape index (κ3) is 9.23. The summed E-state index contributed by atoms with van der Waals surface area (Å²) in [6.45, 7) is 2.89. The summed E-state index contributed by atoms with van der Waals surface area (Å²) in [4.78, 5) is 9.96. The Balaban J connectivity index is 2.86. The first-order chi connectivity index (χ1) is 5.77. The van der Waals surface area contributed by atoms with E-state index in [-0.39, 0.29) is 0 Å². The van der Waals surface area contributed by atoms with E-state index in [0.29, 0.717) is 0 Å². The van der Waals surface area contributed by atoms with Crippen molar-refractivity contribution in [1.29, 1.82) is 0 Å². The lowest BCUT2D eigenvalue weighted by Crippen LogP contribution is -2.36. The molecule has 1 amide bonds. The van der Waals surface area contributed by atoms with Crippen LogP contribution in [0.2, 0.25) is 0 Å². The van der Waals surface area contributed by atoms with Crippen LogP contribution in [0, 0.1) is 0 Å². The summed E-state index contributed by atoms with van der Waals surface area (Å²) in [5.41, 5.74) is 4.72. The minimum absolute atomic E-state index is 0.718. The van der Waals surface area contributed by atoms with Gasteiger partial charge in [0, 0.05) is 6.54 Å². The van der Waals surface area contributed by atoms with E-state index in [1.165, 1.54) is 25.7 Å². The molecule has 4 heteroatoms. The summed E-state index contributed by atoms with van der Waals surface area (Å²) in [6.07, 6.45) is 4.92. The molecule has 0 aromatic carbocycles. The molecule has 0 aliphatic carbocycles. The van der Waals surface area contributed by atoms with Crippen LogP contribution in [0.3, 0.4) is 0 Å². The van der Waals surface area contributed by atoms with E-state index in [4.69, 9.17) is 5.11 Å². The molecule has 3 N–H and O–H groups in total. The van der Waals surface area contributed by atoms with Crippen molar-refractivity contribution in [2.75, 3.05) is 6.54 Å². The highest BCUT2D eigenvalue weighted by atomic mass is 16.4. The van der Waals surface area contributed by atoms with Gasteiger partial charge in [-0.1, -0.05) is 32.6 Å². The monoisotopic (exact) mass is 174 g/mol. The van der Waals surface area contributed by atoms with E-state index in [1.807, 2.05) is 0 Å². The first-order valence-corrected chi connectivity index (χ1v) is 4.49. The van der Waals surface area contributed by atoms with Gasteiger partial charge in [-0.15, -0.1) is 0 Å². The van der Waals surface area contributed by atoms with Crippen molar-refractivity contribution >= 4 is 6.09 Å². The average Bonchev–Trinajstić information content (AvgIpc) is 2.02. The minimum Gasteiger partial charge on any atom is -0.464 e. The molecule has 4 nitrogen and oxygen atoms in total. The zero-order chi connectivity index (χ0) is 9.23. The van der Waals surface area contributed by atoms with Crippen molar-refractivity contribution in [2.24, 2.45) is 0 Å². The van der Waals surface area contributed by atoms with Crippen molar-refractivity contribution in [3.05, 3.63) is 0 Å². The third-order valence-corrected chi connectivity index (χ3v) is 1.60. The van der Waals surface area contributed by atoms with Crippen LogP contribution in [0.15, 0.2) is 0 Å². The van der Waals surface area contributed by atoms with Crippen LogP contribution >= 0.6 is 0 Å². The van der Waals surface area contributed by atoms with Gasteiger partial charge in [-0.2, -0.15) is 0 Å². The summed E-state index contributed by atoms with van der Waals surface area (Å²) >= 11 is 0. The molecule has 0 aliphatic rings. The Morgan fingerprint density at radius 2 is 1.92 bits per heavy atom. The molecule has 0 aromatic heterocycles. The van der Waals surface area contributed by atoms with Gasteiger partial charge in [-0.05, 0) is 6.42 Å². The van der Waals surface area contributed by atoms with Gasteiger partial charge in [0.1, 0.15) is 0 Å². The fraction of sp³-hybridized carbons (Fsp3) is 0.875. The van der Waals surface area contributed by atoms with Gasteiger partial charge >= 0.3 is 6.09 Å². The van der Waals surface area contributed by atoms with Crippen molar-refractivity contribution in [2.45, 2.75) is 39.0 Å². The first-order valence-electron chi connectivity index (χ1n) is 4.49. The fourth-order valence-electron chi connectivity index (χ4n) is 0.955. The van der Waals surface area contributed by atoms with Crippen LogP contribution in [-0.2, 0) is 0 Å². The number of amides is 1. The molecule has 72 valence electrons. The largest absolute Gasteiger partial charge is 0.464 e. The number of carboxylic acid groups (broad SMARTS) is 1. The average molecular weight is 174 g/mol. The molecule has 0 aromatic rings. The van der Waals surface area contributed by atoms with Crippen molar-refractivity contribution in [3.8, 4) is 0 Å². The maximum absolute atomic E-state index is 9.96. The van der Waals surface area contributed by atoms with E-state index >= 15 is 0 Å². The van der Waals surface area contributed by atoms with Gasteiger partial charge in [0.2, 0.25) is 0 Å². The second kappa shape index (κ2) is 8.33. The number of unbranched alkanes of at least 4 members (excludes halogenated alkanes) is 4. The third-order valence-electron chi connectivity index (χ3n) is 1.60. The lowest BCUT2D eigenvalue weighted by atomic mass is 10.2. The van der Waals surface area contributed by atoms with Crippen molar-refractivity contribution < 1.29 is 9.90 Å². The molecule has 0 unspecified atom stereocenters. The summed E-state index contributed by atoms with van der Waals surface area (Å²) in [7, 11) is 0. The number of hydrogen-bond acceptors (Lipinski definition) is 2. The predicted molar refractivity (Wildman–Crippen MR) is 47.9 cm³/mol. The molecule has 12 heavy (non-hydrogen) atoms. The Labute approximate surface area is 73.3 Å². The van der Waals surface area contributed by atoms with Gasteiger partial charge < -0.3 is 5.11 Å². The van der Waals surface area contributed by atoms with Gasteiger partial charge in [0.15, 0.2) is 0 Å². The van der Waals surface area contributed by atoms with E-state index in [9.17, 15) is 4.79 Å². The van der Waals surface area contributed by atoms with E-state index < -0.39 is 6.09 Å². The molecule has 0 bridgehead atoms. The van der Waals surface area contributed by atoms with Crippen molar-refractivity contribution in [1.82, 2.24) is 10.9 Å². The predicted octanol–water partition coefficient (Wildman–Crippen LogP) is 1.73. The van der Waals surface area contributed by atoms with E-state index in [0.717, 1.165) is 13.0 Å². The number of rotatable bonds is 7. The Kier molecular flexibility index (Phi) is 7.79. The molecule has 0 rings (SSSR count). The van der Waals surface area contributed by atoms with Gasteiger partial charge in [0.05, 0.1) is 0 Å². The minimum atomic E-state index is -1.02. The fourth-order valence-corrected chi connectivity index (χ4v) is 0.955. The van der Waals surface area contributed by atoms with Crippen LogP contribution in [0.5, 0.6) is 0 Å². The summed E-state index contributed by atoms with van der Waals surface area (Å²) in [5, 5.41) is 8.18. The standard InChI is InChI=1S/C8H18N2O2/c1-2-3-4-5-6-7-9-10-8(11)12/h9-10H,2-7H2,1H3,(H,11,12). The first kappa shape index (κ1) is 11.2. The second-order valence-corrected chi connectivity index (χ2v) is 2.77. The Bertz CT molecular complexity index is 118. The molecule has 0 radical (unpaired) electrons. The Morgan fingerprint density at radius 3 is 2.50 bits per heavy atom. The van der Waals surface area contributed by atoms with Crippen LogP contribution in [0.1, 0.15) is 39.0 Å². The number of nitrogens with one attached hydrogen (secondary N) is 2. The van der Waals surface area contributed by atoms with Crippen molar-refractivity contribution in [3.63, 3.8) is 0 Å². The lowest BCUT2D eigenvalue weighted by molar-refractivity contribution is 0.189. The molecular weight excluding hydrogens is 156 g/mol. The van der Waals surface area contributed by atoms with Gasteiger partial charge in [-0.25, -0.2) is 10.2 Å². The molecule has 0 fully saturated rings. The Hall–Kier alpha value is -0.770. The second-order valence-electron chi connectivity index (χ2n) is 2.77. The number of carbonyl (C=O) groups is 1. The van der Waals surface area contributed by atoms with Crippen LogP contribution < -0.4 is 10.9 Å². The number of hydrazine groups is 1. The zero-order valence-corrected chi connectivity index (χ0v) is 7.60. The van der Waals surface area contributed by atoms with E-state index in [2.05, 4.69) is 17.8 Å². The van der Waals surface area contributed by atoms with Crippen LogP contribution in [-0.4, -0.2) is 17.7 Å². The molecule has 0 saturated heterocycles. The maximum atomic E-state index is 9.96. The SMILES string of the molecule is CCCCCCCNNC(=O)O. The summed E-state index contributed by atoms with van der Waals surface area (Å²) < 4.78 is 0. The summed E-state index contributed by atoms with van der Waals surface area (Å²) in [6, 6.07) is 0. The smallest absolute Gasteiger partial charge is 0.419 e. The van der Waals surface area contributed by atoms with Gasteiger partial charge in [-0.3, -0.25) is 5.43 Å². The Morgan fingerprint density at radius 1 is 1.25 bits per heavy atom. The van der Waals surface area contributed by atoms with Crippen LogP contribution in [0.25, 0.3) is 0 Å². The zero-order valence-electron chi connectivity index (χ0n) is 7.60. The normalized spacial score (nSPS) is 9.75. The molecule has 0 atom stereocenters. The number of hydrogen-bond donors (Lipinski definition) is 3. The molecule has 0 heterocycles. The highest BCUT2D eigenvalue weighted by Crippen LogP contribution is 2.00. The highest BCUT2D eigenvalue weighted by molar-refractivity contribution is 5.63. The lowest BCUT2D eigenvalue weighted by Gasteiger charge is -2.02. The molecular formula is C8H18N2O2. The summed E-state index contributed by atoms with van der Waals surface area (Å²) in [5.74, 6) is 0. The molecule has 0 spiro atoms. The maximum Gasteiger partial charge on any atom is 0.419 e. The topological polar surface area (TPSA) is 61.4 Å². The molecule has 0 aliphatic heterocycles. The quantitative estimate of drug-likeness (QED) is 0.407. The highest BCUT2D eigenvalue weighted by Gasteiger charge is 1.91. The van der Waals surface area contributed by atoms with Gasteiger partial charge in [0.25, 0.3) is 0 Å². The van der Waals surface area contributed by atoms with E-state index in [1.54, 1.807) is 0 Å². The van der Waals surface area contributed by atoms with Crippen LogP contribution in [0.4, 0.5) is 4.79 Å².